The van der Waals surface area contributed by atoms with Crippen LogP contribution in [-0.4, -0.2) is 9.78 Å². The highest BCUT2D eigenvalue weighted by Crippen LogP contribution is 2.24. The molecule has 2 rings (SSSR count). The number of hydrazine groups is 1. The van der Waals surface area contributed by atoms with Crippen molar-refractivity contribution in [3.8, 4) is 12.3 Å². The van der Waals surface area contributed by atoms with E-state index in [2.05, 4.69) is 16.4 Å². The van der Waals surface area contributed by atoms with Crippen LogP contribution in [0.5, 0.6) is 0 Å². The van der Waals surface area contributed by atoms with E-state index < -0.39 is 0 Å². The fourth-order valence-electron chi connectivity index (χ4n) is 1.85. The highest BCUT2D eigenvalue weighted by atomic mass is 15.3. The summed E-state index contributed by atoms with van der Waals surface area (Å²) in [6.45, 7) is 0. The minimum atomic E-state index is -0.101. The van der Waals surface area contributed by atoms with Gasteiger partial charge in [0.1, 0.15) is 0 Å². The molecule has 1 unspecified atom stereocenters. The van der Waals surface area contributed by atoms with Crippen molar-refractivity contribution in [2.24, 2.45) is 12.9 Å². The van der Waals surface area contributed by atoms with Crippen LogP contribution in [-0.2, 0) is 7.05 Å². The highest BCUT2D eigenvalue weighted by Gasteiger charge is 2.16. The lowest BCUT2D eigenvalue weighted by Gasteiger charge is -2.09. The first-order chi connectivity index (χ1) is 7.77. The lowest BCUT2D eigenvalue weighted by Crippen LogP contribution is -2.28. The standard InChI is InChI=1S/C12H14N4/c1-3-6-10(14-13)12-9-7-4-5-8-11(9)16(2)15-12/h1,4-5,7-8,10,14H,6,13H2,2H3. The van der Waals surface area contributed by atoms with E-state index in [9.17, 15) is 0 Å². The van der Waals surface area contributed by atoms with Crippen molar-refractivity contribution in [1.82, 2.24) is 15.2 Å². The van der Waals surface area contributed by atoms with Gasteiger partial charge in [0.25, 0.3) is 0 Å². The first-order valence-corrected chi connectivity index (χ1v) is 5.09. The quantitative estimate of drug-likeness (QED) is 0.457. The molecule has 0 aliphatic carbocycles. The van der Waals surface area contributed by atoms with Gasteiger partial charge in [-0.15, -0.1) is 12.3 Å². The molecule has 0 aliphatic rings. The fourth-order valence-corrected chi connectivity index (χ4v) is 1.85. The molecule has 0 radical (unpaired) electrons. The average Bonchev–Trinajstić information content (AvgIpc) is 2.65. The number of aryl methyl sites for hydroxylation is 1. The number of benzene rings is 1. The topological polar surface area (TPSA) is 55.9 Å². The number of nitrogens with zero attached hydrogens (tertiary/aromatic N) is 2. The summed E-state index contributed by atoms with van der Waals surface area (Å²) in [5.41, 5.74) is 4.69. The van der Waals surface area contributed by atoms with E-state index in [0.29, 0.717) is 6.42 Å². The number of fused-ring (bicyclic) bond motifs is 1. The Morgan fingerprint density at radius 2 is 2.31 bits per heavy atom. The van der Waals surface area contributed by atoms with E-state index in [1.54, 1.807) is 0 Å². The van der Waals surface area contributed by atoms with Crippen molar-refractivity contribution in [1.29, 1.82) is 0 Å². The molecule has 3 N–H and O–H groups in total. The van der Waals surface area contributed by atoms with Crippen molar-refractivity contribution in [3.05, 3.63) is 30.0 Å². The molecule has 1 heterocycles. The summed E-state index contributed by atoms with van der Waals surface area (Å²) in [6.07, 6.45) is 5.84. The number of terminal acetylenes is 1. The zero-order valence-electron chi connectivity index (χ0n) is 9.14. The van der Waals surface area contributed by atoms with E-state index >= 15 is 0 Å². The lowest BCUT2D eigenvalue weighted by atomic mass is 10.1. The molecule has 82 valence electrons. The molecular formula is C12H14N4. The molecular weight excluding hydrogens is 200 g/mol. The summed E-state index contributed by atoms with van der Waals surface area (Å²) in [4.78, 5) is 0. The molecule has 2 aromatic rings. The van der Waals surface area contributed by atoms with Crippen molar-refractivity contribution < 1.29 is 0 Å². The Balaban J connectivity index is 2.56. The van der Waals surface area contributed by atoms with E-state index in [1.165, 1.54) is 0 Å². The summed E-state index contributed by atoms with van der Waals surface area (Å²) in [7, 11) is 1.91. The number of aromatic nitrogens is 2. The van der Waals surface area contributed by atoms with Crippen LogP contribution < -0.4 is 11.3 Å². The number of rotatable bonds is 3. The van der Waals surface area contributed by atoms with E-state index in [-0.39, 0.29) is 6.04 Å². The second kappa shape index (κ2) is 4.35. The maximum Gasteiger partial charge on any atom is 0.0895 e. The predicted octanol–water partition coefficient (Wildman–Crippen LogP) is 1.10. The van der Waals surface area contributed by atoms with Crippen molar-refractivity contribution in [2.45, 2.75) is 12.5 Å². The molecule has 0 spiro atoms. The maximum atomic E-state index is 5.50. The van der Waals surface area contributed by atoms with Crippen molar-refractivity contribution in [2.75, 3.05) is 0 Å². The van der Waals surface area contributed by atoms with Crippen LogP contribution in [0, 0.1) is 12.3 Å². The molecule has 0 aliphatic heterocycles. The van der Waals surface area contributed by atoms with Crippen molar-refractivity contribution in [3.63, 3.8) is 0 Å². The smallest absolute Gasteiger partial charge is 0.0895 e. The van der Waals surface area contributed by atoms with E-state index in [1.807, 2.05) is 36.0 Å². The summed E-state index contributed by atoms with van der Waals surface area (Å²) in [6, 6.07) is 7.92. The highest BCUT2D eigenvalue weighted by molar-refractivity contribution is 5.82. The third kappa shape index (κ3) is 1.67. The van der Waals surface area contributed by atoms with Gasteiger partial charge in [0.2, 0.25) is 0 Å². The van der Waals surface area contributed by atoms with Gasteiger partial charge >= 0.3 is 0 Å². The number of nitrogens with two attached hydrogens (primary N) is 1. The van der Waals surface area contributed by atoms with Gasteiger partial charge in [0.05, 0.1) is 17.3 Å². The van der Waals surface area contributed by atoms with Gasteiger partial charge < -0.3 is 0 Å². The molecule has 4 heteroatoms. The summed E-state index contributed by atoms with van der Waals surface area (Å²) in [5.74, 6) is 8.10. The van der Waals surface area contributed by atoms with Crippen LogP contribution in [0.4, 0.5) is 0 Å². The number of para-hydroxylation sites is 1. The van der Waals surface area contributed by atoms with Crippen LogP contribution >= 0.6 is 0 Å². The Labute approximate surface area is 94.4 Å². The monoisotopic (exact) mass is 214 g/mol. The van der Waals surface area contributed by atoms with Crippen LogP contribution in [0.1, 0.15) is 18.2 Å². The maximum absolute atomic E-state index is 5.50. The predicted molar refractivity (Wildman–Crippen MR) is 64.2 cm³/mol. The Kier molecular flexibility index (Phi) is 2.91. The Morgan fingerprint density at radius 3 is 3.00 bits per heavy atom. The van der Waals surface area contributed by atoms with Crippen LogP contribution in [0.2, 0.25) is 0 Å². The lowest BCUT2D eigenvalue weighted by molar-refractivity contribution is 0.547. The Bertz CT molecular complexity index is 535. The molecule has 16 heavy (non-hydrogen) atoms. The summed E-state index contributed by atoms with van der Waals surface area (Å²) < 4.78 is 1.84. The average molecular weight is 214 g/mol. The first-order valence-electron chi connectivity index (χ1n) is 5.09. The van der Waals surface area contributed by atoms with Gasteiger partial charge in [-0.1, -0.05) is 18.2 Å². The van der Waals surface area contributed by atoms with Gasteiger partial charge in [-0.25, -0.2) is 0 Å². The van der Waals surface area contributed by atoms with Crippen LogP contribution in [0.15, 0.2) is 24.3 Å². The number of hydrogen-bond acceptors (Lipinski definition) is 3. The minimum absolute atomic E-state index is 0.101. The van der Waals surface area contributed by atoms with Gasteiger partial charge in [-0.05, 0) is 6.07 Å². The van der Waals surface area contributed by atoms with Gasteiger partial charge in [-0.2, -0.15) is 5.10 Å². The minimum Gasteiger partial charge on any atom is -0.271 e. The van der Waals surface area contributed by atoms with E-state index in [0.717, 1.165) is 16.6 Å². The number of hydrogen-bond donors (Lipinski definition) is 2. The zero-order chi connectivity index (χ0) is 11.5. The molecule has 0 fully saturated rings. The number of nitrogens with one attached hydrogen (secondary N) is 1. The molecule has 0 saturated heterocycles. The SMILES string of the molecule is C#CCC(NN)c1nn(C)c2ccccc12. The second-order valence-electron chi connectivity index (χ2n) is 3.65. The van der Waals surface area contributed by atoms with Gasteiger partial charge in [0, 0.05) is 18.9 Å². The Morgan fingerprint density at radius 1 is 1.56 bits per heavy atom. The largest absolute Gasteiger partial charge is 0.271 e. The zero-order valence-corrected chi connectivity index (χ0v) is 9.14. The molecule has 0 saturated carbocycles. The fraction of sp³-hybridized carbons (Fsp3) is 0.250. The molecule has 1 aromatic carbocycles. The molecule has 0 bridgehead atoms. The van der Waals surface area contributed by atoms with Gasteiger partial charge in [0.15, 0.2) is 0 Å². The summed E-state index contributed by atoms with van der Waals surface area (Å²) in [5, 5.41) is 5.54. The van der Waals surface area contributed by atoms with Crippen LogP contribution in [0.3, 0.4) is 0 Å². The third-order valence-corrected chi connectivity index (χ3v) is 2.64. The molecule has 0 amide bonds. The second-order valence-corrected chi connectivity index (χ2v) is 3.65. The molecule has 4 nitrogen and oxygen atoms in total. The normalized spacial score (nSPS) is 12.6. The van der Waals surface area contributed by atoms with Crippen molar-refractivity contribution >= 4 is 10.9 Å². The summed E-state index contributed by atoms with van der Waals surface area (Å²) >= 11 is 0. The molecule has 1 atom stereocenters. The van der Waals surface area contributed by atoms with E-state index in [4.69, 9.17) is 12.3 Å². The van der Waals surface area contributed by atoms with Crippen LogP contribution in [0.25, 0.3) is 10.9 Å². The third-order valence-electron chi connectivity index (χ3n) is 2.64. The van der Waals surface area contributed by atoms with Gasteiger partial charge in [-0.3, -0.25) is 16.0 Å². The Hall–Kier alpha value is -1.83. The molecule has 1 aromatic heterocycles. The first kappa shape index (κ1) is 10.7.